The van der Waals surface area contributed by atoms with Gasteiger partial charge in [-0.2, -0.15) is 11.8 Å². The van der Waals surface area contributed by atoms with E-state index in [0.29, 0.717) is 0 Å². The predicted molar refractivity (Wildman–Crippen MR) is 68.3 cm³/mol. The smallest absolute Gasteiger partial charge is 0.138 e. The van der Waals surface area contributed by atoms with Gasteiger partial charge in [0.05, 0.1) is 11.4 Å². The van der Waals surface area contributed by atoms with Gasteiger partial charge in [0, 0.05) is 24.3 Å². The monoisotopic (exact) mass is 237 g/mol. The number of aryl methyl sites for hydroxylation is 1. The third kappa shape index (κ3) is 2.74. The average molecular weight is 237 g/mol. The van der Waals surface area contributed by atoms with Crippen molar-refractivity contribution in [2.24, 2.45) is 5.92 Å². The first-order valence-corrected chi connectivity index (χ1v) is 6.96. The van der Waals surface area contributed by atoms with Crippen molar-refractivity contribution in [2.45, 2.75) is 39.6 Å². The Hall–Kier alpha value is -0.610. The molecule has 16 heavy (non-hydrogen) atoms. The average Bonchev–Trinajstić information content (AvgIpc) is 2.65. The molecule has 0 unspecified atom stereocenters. The lowest BCUT2D eigenvalue weighted by molar-refractivity contribution is 0.749. The number of fused-ring (bicyclic) bond motifs is 1. The molecular weight excluding hydrogens is 218 g/mol. The molecule has 0 radical (unpaired) electrons. The lowest BCUT2D eigenvalue weighted by atomic mass is 10.2. The van der Waals surface area contributed by atoms with Crippen LogP contribution in [0.3, 0.4) is 0 Å². The molecule has 1 aromatic heterocycles. The Kier molecular flexibility index (Phi) is 3.82. The van der Waals surface area contributed by atoms with Gasteiger partial charge in [-0.05, 0) is 18.6 Å². The molecule has 0 fully saturated rings. The summed E-state index contributed by atoms with van der Waals surface area (Å²) >= 11 is 1.92. The van der Waals surface area contributed by atoms with Crippen molar-refractivity contribution in [1.82, 2.24) is 15.3 Å². The van der Waals surface area contributed by atoms with Crippen LogP contribution in [0.1, 0.15) is 36.6 Å². The van der Waals surface area contributed by atoms with Gasteiger partial charge in [-0.3, -0.25) is 0 Å². The van der Waals surface area contributed by atoms with Crippen LogP contribution >= 0.6 is 11.8 Å². The second-order valence-corrected chi connectivity index (χ2v) is 5.69. The molecule has 0 saturated carbocycles. The Morgan fingerprint density at radius 2 is 2.12 bits per heavy atom. The topological polar surface area (TPSA) is 37.8 Å². The van der Waals surface area contributed by atoms with Gasteiger partial charge in [-0.1, -0.05) is 13.8 Å². The van der Waals surface area contributed by atoms with E-state index in [1.807, 2.05) is 11.8 Å². The largest absolute Gasteiger partial charge is 0.307 e. The zero-order chi connectivity index (χ0) is 11.5. The van der Waals surface area contributed by atoms with E-state index in [1.165, 1.54) is 17.0 Å². The summed E-state index contributed by atoms with van der Waals surface area (Å²) in [5.41, 5.74) is 3.65. The summed E-state index contributed by atoms with van der Waals surface area (Å²) in [6.45, 7) is 8.41. The van der Waals surface area contributed by atoms with Crippen molar-refractivity contribution in [3.8, 4) is 0 Å². The van der Waals surface area contributed by atoms with Crippen LogP contribution in [0.2, 0.25) is 0 Å². The van der Waals surface area contributed by atoms with Crippen molar-refractivity contribution in [2.75, 3.05) is 5.75 Å². The standard InChI is InChI=1S/C12H19N3S/c1-8(2)6-16-7-12-14-9(3)10-4-13-5-11(10)15-12/h8,13H,4-7H2,1-3H3. The maximum absolute atomic E-state index is 4.62. The number of hydrogen-bond donors (Lipinski definition) is 1. The molecule has 0 spiro atoms. The minimum Gasteiger partial charge on any atom is -0.307 e. The normalized spacial score (nSPS) is 14.5. The number of thioether (sulfide) groups is 1. The highest BCUT2D eigenvalue weighted by Gasteiger charge is 2.16. The summed E-state index contributed by atoms with van der Waals surface area (Å²) < 4.78 is 0. The third-order valence-electron chi connectivity index (χ3n) is 2.62. The molecule has 2 heterocycles. The Labute approximate surface area is 101 Å². The Morgan fingerprint density at radius 3 is 2.88 bits per heavy atom. The molecule has 88 valence electrons. The number of aromatic nitrogens is 2. The first-order chi connectivity index (χ1) is 7.66. The summed E-state index contributed by atoms with van der Waals surface area (Å²) in [5, 5.41) is 3.32. The maximum atomic E-state index is 4.62. The summed E-state index contributed by atoms with van der Waals surface area (Å²) in [6, 6.07) is 0. The number of rotatable bonds is 4. The number of nitrogens with one attached hydrogen (secondary N) is 1. The number of hydrogen-bond acceptors (Lipinski definition) is 4. The van der Waals surface area contributed by atoms with E-state index in [4.69, 9.17) is 0 Å². The fourth-order valence-electron chi connectivity index (χ4n) is 1.85. The minimum atomic E-state index is 0.738. The molecule has 0 aromatic carbocycles. The molecule has 0 atom stereocenters. The van der Waals surface area contributed by atoms with Crippen molar-refractivity contribution in [3.63, 3.8) is 0 Å². The molecule has 1 aliphatic heterocycles. The fraction of sp³-hybridized carbons (Fsp3) is 0.667. The molecule has 2 rings (SSSR count). The van der Waals surface area contributed by atoms with E-state index >= 15 is 0 Å². The van der Waals surface area contributed by atoms with E-state index in [1.54, 1.807) is 0 Å². The molecule has 0 aliphatic carbocycles. The number of nitrogens with zero attached hydrogens (tertiary/aromatic N) is 2. The first-order valence-electron chi connectivity index (χ1n) is 5.80. The van der Waals surface area contributed by atoms with E-state index in [2.05, 4.69) is 36.1 Å². The molecule has 1 aromatic rings. The maximum Gasteiger partial charge on any atom is 0.138 e. The van der Waals surface area contributed by atoms with Crippen LogP contribution in [0.25, 0.3) is 0 Å². The van der Waals surface area contributed by atoms with Crippen molar-refractivity contribution in [3.05, 3.63) is 22.8 Å². The quantitative estimate of drug-likeness (QED) is 0.872. The molecule has 1 aliphatic rings. The molecule has 0 saturated heterocycles. The molecule has 1 N–H and O–H groups in total. The highest BCUT2D eigenvalue weighted by atomic mass is 32.2. The van der Waals surface area contributed by atoms with Gasteiger partial charge in [0.15, 0.2) is 0 Å². The van der Waals surface area contributed by atoms with Crippen LogP contribution < -0.4 is 5.32 Å². The molecule has 0 bridgehead atoms. The Morgan fingerprint density at radius 1 is 1.31 bits per heavy atom. The van der Waals surface area contributed by atoms with Gasteiger partial charge < -0.3 is 5.32 Å². The van der Waals surface area contributed by atoms with Crippen LogP contribution in [0.15, 0.2) is 0 Å². The van der Waals surface area contributed by atoms with E-state index in [0.717, 1.165) is 36.3 Å². The molecule has 4 heteroatoms. The van der Waals surface area contributed by atoms with Gasteiger partial charge in [-0.15, -0.1) is 0 Å². The summed E-state index contributed by atoms with van der Waals surface area (Å²) in [4.78, 5) is 9.19. The van der Waals surface area contributed by atoms with Gasteiger partial charge in [-0.25, -0.2) is 9.97 Å². The van der Waals surface area contributed by atoms with Gasteiger partial charge in [0.1, 0.15) is 5.82 Å². The van der Waals surface area contributed by atoms with Crippen LogP contribution in [0, 0.1) is 12.8 Å². The Balaban J connectivity index is 2.03. The zero-order valence-electron chi connectivity index (χ0n) is 10.2. The lowest BCUT2D eigenvalue weighted by Gasteiger charge is -2.07. The summed E-state index contributed by atoms with van der Waals surface area (Å²) in [7, 11) is 0. The van der Waals surface area contributed by atoms with Crippen molar-refractivity contribution >= 4 is 11.8 Å². The predicted octanol–water partition coefficient (Wildman–Crippen LogP) is 2.28. The van der Waals surface area contributed by atoms with Gasteiger partial charge >= 0.3 is 0 Å². The zero-order valence-corrected chi connectivity index (χ0v) is 11.0. The van der Waals surface area contributed by atoms with E-state index in [-0.39, 0.29) is 0 Å². The van der Waals surface area contributed by atoms with Crippen molar-refractivity contribution in [1.29, 1.82) is 0 Å². The van der Waals surface area contributed by atoms with Gasteiger partial charge in [0.25, 0.3) is 0 Å². The highest BCUT2D eigenvalue weighted by Crippen LogP contribution is 2.19. The fourth-order valence-corrected chi connectivity index (χ4v) is 2.75. The molecule has 0 amide bonds. The molecule has 3 nitrogen and oxygen atoms in total. The minimum absolute atomic E-state index is 0.738. The van der Waals surface area contributed by atoms with E-state index in [9.17, 15) is 0 Å². The molecular formula is C12H19N3S. The van der Waals surface area contributed by atoms with Crippen LogP contribution in [0.4, 0.5) is 0 Å². The summed E-state index contributed by atoms with van der Waals surface area (Å²) in [5.74, 6) is 3.84. The lowest BCUT2D eigenvalue weighted by Crippen LogP contribution is -2.03. The van der Waals surface area contributed by atoms with Crippen LogP contribution in [-0.2, 0) is 18.8 Å². The SMILES string of the molecule is Cc1nc(CSCC(C)C)nc2c1CNC2. The van der Waals surface area contributed by atoms with Crippen LogP contribution in [-0.4, -0.2) is 15.7 Å². The second-order valence-electron chi connectivity index (χ2n) is 4.66. The first kappa shape index (κ1) is 11.9. The van der Waals surface area contributed by atoms with Crippen LogP contribution in [0.5, 0.6) is 0 Å². The summed E-state index contributed by atoms with van der Waals surface area (Å²) in [6.07, 6.45) is 0. The highest BCUT2D eigenvalue weighted by molar-refractivity contribution is 7.98. The van der Waals surface area contributed by atoms with E-state index < -0.39 is 0 Å². The van der Waals surface area contributed by atoms with Crippen molar-refractivity contribution < 1.29 is 0 Å². The second kappa shape index (κ2) is 5.15. The van der Waals surface area contributed by atoms with Gasteiger partial charge in [0.2, 0.25) is 0 Å². The Bertz CT molecular complexity index is 377. The third-order valence-corrected chi connectivity index (χ3v) is 3.99.